The summed E-state index contributed by atoms with van der Waals surface area (Å²) >= 11 is 0. The third-order valence-corrected chi connectivity index (χ3v) is 3.55. The van der Waals surface area contributed by atoms with Crippen LogP contribution >= 0.6 is 0 Å². The van der Waals surface area contributed by atoms with Gasteiger partial charge in [-0.25, -0.2) is 4.68 Å². The topological polar surface area (TPSA) is 78.3 Å². The Bertz CT molecular complexity index is 704. The Morgan fingerprint density at radius 3 is 2.60 bits per heavy atom. The van der Waals surface area contributed by atoms with Gasteiger partial charge in [-0.3, -0.25) is 4.79 Å². The van der Waals surface area contributed by atoms with Crippen LogP contribution in [0.15, 0.2) is 24.3 Å². The number of amides is 1. The Morgan fingerprint density at radius 2 is 2.00 bits per heavy atom. The fourth-order valence-electron chi connectivity index (χ4n) is 2.21. The van der Waals surface area contributed by atoms with Gasteiger partial charge in [0, 0.05) is 19.8 Å². The van der Waals surface area contributed by atoms with E-state index in [0.717, 1.165) is 0 Å². The second kappa shape index (κ2) is 8.52. The lowest BCUT2D eigenvalue weighted by Gasteiger charge is -2.12. The Morgan fingerprint density at radius 1 is 1.32 bits per heavy atom. The van der Waals surface area contributed by atoms with Crippen LogP contribution in [0.25, 0.3) is 5.69 Å². The lowest BCUT2D eigenvalue weighted by atomic mass is 10.2. The number of hydrogen-bond donors (Lipinski definition) is 1. The zero-order valence-electron chi connectivity index (χ0n) is 14.2. The molecule has 0 fully saturated rings. The molecular weight excluding hydrogens is 334 g/mol. The third kappa shape index (κ3) is 4.96. The average Bonchev–Trinajstić information content (AvgIpc) is 2.95. The first-order valence-electron chi connectivity index (χ1n) is 7.69. The highest BCUT2D eigenvalue weighted by Crippen LogP contribution is 2.18. The molecule has 136 valence electrons. The monoisotopic (exact) mass is 354 g/mol. The average molecular weight is 354 g/mol. The molecule has 0 spiro atoms. The van der Waals surface area contributed by atoms with Gasteiger partial charge < -0.3 is 14.8 Å². The Hall–Kier alpha value is -2.55. The number of alkyl halides is 2. The largest absolute Gasteiger partial charge is 0.435 e. The van der Waals surface area contributed by atoms with E-state index in [0.29, 0.717) is 24.4 Å². The third-order valence-electron chi connectivity index (χ3n) is 3.55. The number of hydrogen-bond acceptors (Lipinski definition) is 5. The summed E-state index contributed by atoms with van der Waals surface area (Å²) in [7, 11) is 1.60. The van der Waals surface area contributed by atoms with Crippen molar-refractivity contribution in [2.24, 2.45) is 0 Å². The van der Waals surface area contributed by atoms with Gasteiger partial charge in [0.2, 0.25) is 0 Å². The van der Waals surface area contributed by atoms with Gasteiger partial charge in [-0.2, -0.15) is 8.78 Å². The first kappa shape index (κ1) is 18.8. The summed E-state index contributed by atoms with van der Waals surface area (Å²) in [5.74, 6) is -0.286. The van der Waals surface area contributed by atoms with E-state index in [1.54, 1.807) is 26.2 Å². The van der Waals surface area contributed by atoms with Crippen molar-refractivity contribution >= 4 is 5.91 Å². The molecule has 1 aromatic carbocycles. The molecule has 2 aromatic rings. The summed E-state index contributed by atoms with van der Waals surface area (Å²) in [6.45, 7) is 1.24. The van der Waals surface area contributed by atoms with Gasteiger partial charge in [-0.05, 0) is 44.5 Å². The van der Waals surface area contributed by atoms with Crippen LogP contribution in [0, 0.1) is 6.92 Å². The molecule has 2 rings (SSSR count). The number of nitrogens with one attached hydrogen (secondary N) is 1. The summed E-state index contributed by atoms with van der Waals surface area (Å²) in [6, 6.07) is 5.84. The standard InChI is InChI=1S/C16H20F2N4O3/c1-10(8-9-24-3)19-15(23)14-11(2)22(21-20-14)12-4-6-13(7-5-12)25-16(17)18/h4-7,10,16H,8-9H2,1-3H3,(H,19,23). The molecule has 0 saturated carbocycles. The van der Waals surface area contributed by atoms with Gasteiger partial charge in [-0.1, -0.05) is 5.21 Å². The Labute approximate surface area is 143 Å². The van der Waals surface area contributed by atoms with Crippen molar-refractivity contribution in [1.82, 2.24) is 20.3 Å². The molecular formula is C16H20F2N4O3. The minimum Gasteiger partial charge on any atom is -0.435 e. The summed E-state index contributed by atoms with van der Waals surface area (Å²) in [5, 5.41) is 10.7. The molecule has 0 aliphatic rings. The van der Waals surface area contributed by atoms with Crippen LogP contribution in [0.4, 0.5) is 8.78 Å². The number of benzene rings is 1. The van der Waals surface area contributed by atoms with Gasteiger partial charge in [-0.15, -0.1) is 5.10 Å². The molecule has 1 atom stereocenters. The van der Waals surface area contributed by atoms with Crippen LogP contribution in [0.3, 0.4) is 0 Å². The maximum Gasteiger partial charge on any atom is 0.387 e. The van der Waals surface area contributed by atoms with Crippen LogP contribution in [-0.4, -0.2) is 47.3 Å². The van der Waals surface area contributed by atoms with Crippen molar-refractivity contribution in [2.75, 3.05) is 13.7 Å². The predicted molar refractivity (Wildman–Crippen MR) is 86.1 cm³/mol. The molecule has 1 heterocycles. The summed E-state index contributed by atoms with van der Waals surface area (Å²) < 4.78 is 35.1. The first-order chi connectivity index (χ1) is 11.9. The molecule has 1 aromatic heterocycles. The normalized spacial score (nSPS) is 12.2. The van der Waals surface area contributed by atoms with Crippen molar-refractivity contribution in [1.29, 1.82) is 0 Å². The van der Waals surface area contributed by atoms with E-state index in [1.165, 1.54) is 16.8 Å². The van der Waals surface area contributed by atoms with Gasteiger partial charge in [0.15, 0.2) is 5.69 Å². The quantitative estimate of drug-likeness (QED) is 0.787. The molecule has 0 aliphatic heterocycles. The van der Waals surface area contributed by atoms with Gasteiger partial charge in [0.25, 0.3) is 5.91 Å². The number of aromatic nitrogens is 3. The first-order valence-corrected chi connectivity index (χ1v) is 7.69. The van der Waals surface area contributed by atoms with E-state index >= 15 is 0 Å². The van der Waals surface area contributed by atoms with E-state index in [1.807, 2.05) is 6.92 Å². The van der Waals surface area contributed by atoms with E-state index in [2.05, 4.69) is 20.4 Å². The number of ether oxygens (including phenoxy) is 2. The van der Waals surface area contributed by atoms with Crippen molar-refractivity contribution in [3.63, 3.8) is 0 Å². The van der Waals surface area contributed by atoms with E-state index in [4.69, 9.17) is 4.74 Å². The van der Waals surface area contributed by atoms with Crippen molar-refractivity contribution in [2.45, 2.75) is 32.9 Å². The zero-order valence-corrected chi connectivity index (χ0v) is 14.2. The Kier molecular flexibility index (Phi) is 6.40. The van der Waals surface area contributed by atoms with Crippen molar-refractivity contribution in [3.05, 3.63) is 35.7 Å². The maximum absolute atomic E-state index is 12.3. The van der Waals surface area contributed by atoms with E-state index in [9.17, 15) is 13.6 Å². The second-order valence-electron chi connectivity index (χ2n) is 5.46. The predicted octanol–water partition coefficient (Wildman–Crippen LogP) is 2.33. The van der Waals surface area contributed by atoms with Gasteiger partial charge in [0.1, 0.15) is 5.75 Å². The molecule has 1 N–H and O–H groups in total. The number of rotatable bonds is 8. The van der Waals surface area contributed by atoms with Crippen molar-refractivity contribution in [3.8, 4) is 11.4 Å². The van der Waals surface area contributed by atoms with Crippen LogP contribution in [0.1, 0.15) is 29.5 Å². The van der Waals surface area contributed by atoms with Gasteiger partial charge >= 0.3 is 6.61 Å². The summed E-state index contributed by atoms with van der Waals surface area (Å²) in [5.41, 5.74) is 1.33. The lowest BCUT2D eigenvalue weighted by molar-refractivity contribution is -0.0498. The highest BCUT2D eigenvalue weighted by molar-refractivity contribution is 5.93. The van der Waals surface area contributed by atoms with Crippen LogP contribution in [0.5, 0.6) is 5.75 Å². The molecule has 0 aliphatic carbocycles. The highest BCUT2D eigenvalue weighted by Gasteiger charge is 2.19. The molecule has 9 heteroatoms. The molecule has 1 unspecified atom stereocenters. The Balaban J connectivity index is 2.11. The fourth-order valence-corrected chi connectivity index (χ4v) is 2.21. The van der Waals surface area contributed by atoms with Gasteiger partial charge in [0.05, 0.1) is 11.4 Å². The number of nitrogens with zero attached hydrogens (tertiary/aromatic N) is 3. The summed E-state index contributed by atoms with van der Waals surface area (Å²) in [4.78, 5) is 12.3. The number of carbonyl (C=O) groups is 1. The molecule has 0 saturated heterocycles. The van der Waals surface area contributed by atoms with E-state index in [-0.39, 0.29) is 23.4 Å². The number of methoxy groups -OCH3 is 1. The van der Waals surface area contributed by atoms with Crippen molar-refractivity contribution < 1.29 is 23.0 Å². The SMILES string of the molecule is COCCC(C)NC(=O)c1nnn(-c2ccc(OC(F)F)cc2)c1C. The van der Waals surface area contributed by atoms with Crippen LogP contribution < -0.4 is 10.1 Å². The maximum atomic E-state index is 12.3. The minimum atomic E-state index is -2.88. The smallest absolute Gasteiger partial charge is 0.387 e. The fraction of sp³-hybridized carbons (Fsp3) is 0.438. The molecule has 25 heavy (non-hydrogen) atoms. The molecule has 0 radical (unpaired) electrons. The minimum absolute atomic E-state index is 0.0430. The summed E-state index contributed by atoms with van der Waals surface area (Å²) in [6.07, 6.45) is 0.682. The lowest BCUT2D eigenvalue weighted by Crippen LogP contribution is -2.34. The van der Waals surface area contributed by atoms with Crippen LogP contribution in [-0.2, 0) is 4.74 Å². The van der Waals surface area contributed by atoms with Crippen LogP contribution in [0.2, 0.25) is 0 Å². The highest BCUT2D eigenvalue weighted by atomic mass is 19.3. The molecule has 1 amide bonds. The molecule has 7 nitrogen and oxygen atoms in total. The second-order valence-corrected chi connectivity index (χ2v) is 5.46. The zero-order chi connectivity index (χ0) is 18.4. The molecule has 0 bridgehead atoms. The van der Waals surface area contributed by atoms with E-state index < -0.39 is 6.61 Å². The number of halogens is 2. The number of carbonyl (C=O) groups excluding carboxylic acids is 1.